The van der Waals surface area contributed by atoms with Gasteiger partial charge in [0.15, 0.2) is 0 Å². The lowest BCUT2D eigenvalue weighted by Crippen LogP contribution is -2.09. The number of hydrogen-bond donors (Lipinski definition) is 1. The lowest BCUT2D eigenvalue weighted by atomic mass is 10.1. The summed E-state index contributed by atoms with van der Waals surface area (Å²) in [5.41, 5.74) is -0.414. The molecule has 0 atom stereocenters. The average Bonchev–Trinajstić information content (AvgIpc) is 2.96. The first-order chi connectivity index (χ1) is 10.1. The first-order valence-corrected chi connectivity index (χ1v) is 7.07. The van der Waals surface area contributed by atoms with E-state index in [4.69, 9.17) is 9.84 Å². The summed E-state index contributed by atoms with van der Waals surface area (Å²) >= 11 is 1.62. The molecule has 6 nitrogen and oxygen atoms in total. The van der Waals surface area contributed by atoms with E-state index in [-0.39, 0.29) is 12.2 Å². The van der Waals surface area contributed by atoms with Crippen LogP contribution in [0, 0.1) is 10.1 Å². The van der Waals surface area contributed by atoms with Gasteiger partial charge >= 0.3 is 5.97 Å². The van der Waals surface area contributed by atoms with Crippen LogP contribution in [0.15, 0.2) is 35.7 Å². The summed E-state index contributed by atoms with van der Waals surface area (Å²) in [6, 6.07) is 8.11. The van der Waals surface area contributed by atoms with Crippen LogP contribution in [-0.2, 0) is 17.8 Å². The summed E-state index contributed by atoms with van der Waals surface area (Å²) < 4.78 is 5.44. The largest absolute Gasteiger partial charge is 0.477 e. The van der Waals surface area contributed by atoms with Gasteiger partial charge < -0.3 is 9.84 Å². The zero-order chi connectivity index (χ0) is 15.2. The topological polar surface area (TPSA) is 89.7 Å². The molecule has 2 aromatic rings. The molecule has 21 heavy (non-hydrogen) atoms. The zero-order valence-corrected chi connectivity index (χ0v) is 11.8. The summed E-state index contributed by atoms with van der Waals surface area (Å²) in [5.74, 6) is -1.32. The molecular formula is C14H13NO5S. The van der Waals surface area contributed by atoms with Crippen molar-refractivity contribution in [3.05, 3.63) is 61.8 Å². The van der Waals surface area contributed by atoms with Gasteiger partial charge in [-0.15, -0.1) is 11.3 Å². The van der Waals surface area contributed by atoms with Gasteiger partial charge in [0.1, 0.15) is 5.56 Å². The van der Waals surface area contributed by atoms with Crippen molar-refractivity contribution in [2.75, 3.05) is 6.61 Å². The summed E-state index contributed by atoms with van der Waals surface area (Å²) in [6.45, 7) is 0.469. The Morgan fingerprint density at radius 3 is 2.76 bits per heavy atom. The summed E-state index contributed by atoms with van der Waals surface area (Å²) in [7, 11) is 0. The second-order valence-corrected chi connectivity index (χ2v) is 5.29. The van der Waals surface area contributed by atoms with Crippen LogP contribution in [0.25, 0.3) is 0 Å². The van der Waals surface area contributed by atoms with E-state index in [1.165, 1.54) is 23.1 Å². The molecule has 0 amide bonds. The lowest BCUT2D eigenvalue weighted by molar-refractivity contribution is -0.385. The first kappa shape index (κ1) is 15.1. The first-order valence-electron chi connectivity index (χ1n) is 6.19. The van der Waals surface area contributed by atoms with Crippen LogP contribution in [0.1, 0.15) is 20.8 Å². The highest BCUT2D eigenvalue weighted by Gasteiger charge is 2.23. The molecule has 7 heteroatoms. The van der Waals surface area contributed by atoms with Gasteiger partial charge in [-0.2, -0.15) is 0 Å². The normalized spacial score (nSPS) is 10.5. The van der Waals surface area contributed by atoms with Crippen molar-refractivity contribution in [3.8, 4) is 0 Å². The van der Waals surface area contributed by atoms with Gasteiger partial charge in [-0.25, -0.2) is 4.79 Å². The molecule has 0 saturated carbocycles. The van der Waals surface area contributed by atoms with Gasteiger partial charge in [-0.1, -0.05) is 18.2 Å². The number of thiophene rings is 1. The van der Waals surface area contributed by atoms with Crippen molar-refractivity contribution in [2.24, 2.45) is 0 Å². The molecule has 1 heterocycles. The Hall–Kier alpha value is -2.25. The van der Waals surface area contributed by atoms with Crippen LogP contribution >= 0.6 is 11.3 Å². The van der Waals surface area contributed by atoms with Gasteiger partial charge in [-0.3, -0.25) is 10.1 Å². The maximum atomic E-state index is 11.2. The Morgan fingerprint density at radius 1 is 1.33 bits per heavy atom. The molecule has 1 aromatic heterocycles. The molecule has 2 rings (SSSR count). The van der Waals surface area contributed by atoms with Crippen molar-refractivity contribution in [1.82, 2.24) is 0 Å². The van der Waals surface area contributed by atoms with Crippen LogP contribution in [-0.4, -0.2) is 22.6 Å². The number of carboxylic acid groups (broad SMARTS) is 1. The fraction of sp³-hybridized carbons (Fsp3) is 0.214. The monoisotopic (exact) mass is 307 g/mol. The number of aromatic carboxylic acids is 1. The number of carbonyl (C=O) groups is 1. The predicted molar refractivity (Wildman–Crippen MR) is 77.7 cm³/mol. The van der Waals surface area contributed by atoms with E-state index in [0.29, 0.717) is 12.2 Å². The van der Waals surface area contributed by atoms with Crippen molar-refractivity contribution in [1.29, 1.82) is 0 Å². The van der Waals surface area contributed by atoms with Crippen LogP contribution in [0.4, 0.5) is 5.69 Å². The quantitative estimate of drug-likeness (QED) is 0.482. The van der Waals surface area contributed by atoms with E-state index in [1.807, 2.05) is 17.5 Å². The number of ether oxygens (including phenoxy) is 1. The molecule has 0 unspecified atom stereocenters. The van der Waals surface area contributed by atoms with E-state index < -0.39 is 16.6 Å². The molecule has 1 N–H and O–H groups in total. The van der Waals surface area contributed by atoms with Gasteiger partial charge in [0.05, 0.1) is 18.1 Å². The van der Waals surface area contributed by atoms with Crippen LogP contribution < -0.4 is 0 Å². The highest BCUT2D eigenvalue weighted by atomic mass is 32.1. The molecule has 0 radical (unpaired) electrons. The minimum absolute atomic E-state index is 0.0364. The number of rotatable bonds is 7. The molecule has 0 fully saturated rings. The maximum absolute atomic E-state index is 11.2. The Bertz CT molecular complexity index is 639. The zero-order valence-electron chi connectivity index (χ0n) is 11.0. The third-order valence-electron chi connectivity index (χ3n) is 2.87. The number of nitro groups is 1. The van der Waals surface area contributed by atoms with Crippen molar-refractivity contribution < 1.29 is 19.6 Å². The van der Waals surface area contributed by atoms with E-state index in [9.17, 15) is 14.9 Å². The lowest BCUT2D eigenvalue weighted by Gasteiger charge is -2.07. The summed E-state index contributed by atoms with van der Waals surface area (Å²) in [4.78, 5) is 22.6. The Morgan fingerprint density at radius 2 is 2.14 bits per heavy atom. The van der Waals surface area contributed by atoms with Gasteiger partial charge in [0.2, 0.25) is 0 Å². The van der Waals surface area contributed by atoms with E-state index >= 15 is 0 Å². The predicted octanol–water partition coefficient (Wildman–Crippen LogP) is 3.11. The number of nitrogens with zero attached hydrogens (tertiary/aromatic N) is 1. The third kappa shape index (κ3) is 3.87. The molecule has 110 valence electrons. The molecule has 0 aliphatic carbocycles. The molecule has 0 saturated heterocycles. The third-order valence-corrected chi connectivity index (χ3v) is 3.81. The van der Waals surface area contributed by atoms with Crippen LogP contribution in [0.5, 0.6) is 0 Å². The molecule has 0 spiro atoms. The van der Waals surface area contributed by atoms with Crippen LogP contribution in [0.2, 0.25) is 0 Å². The minimum atomic E-state index is -1.32. The number of carboxylic acids is 1. The Kier molecular flexibility index (Phi) is 5.02. The van der Waals surface area contributed by atoms with E-state index in [1.54, 1.807) is 11.3 Å². The van der Waals surface area contributed by atoms with Crippen molar-refractivity contribution >= 4 is 23.0 Å². The molecule has 1 aromatic carbocycles. The van der Waals surface area contributed by atoms with Crippen LogP contribution in [0.3, 0.4) is 0 Å². The minimum Gasteiger partial charge on any atom is -0.477 e. The van der Waals surface area contributed by atoms with Crippen molar-refractivity contribution in [2.45, 2.75) is 13.0 Å². The Balaban J connectivity index is 2.04. The highest BCUT2D eigenvalue weighted by Crippen LogP contribution is 2.23. The maximum Gasteiger partial charge on any atom is 0.343 e. The number of hydrogen-bond acceptors (Lipinski definition) is 5. The second-order valence-electron chi connectivity index (χ2n) is 4.26. The van der Waals surface area contributed by atoms with Gasteiger partial charge in [0.25, 0.3) is 5.69 Å². The fourth-order valence-electron chi connectivity index (χ4n) is 1.92. The number of nitro benzene ring substituents is 1. The fourth-order valence-corrected chi connectivity index (χ4v) is 2.61. The van der Waals surface area contributed by atoms with E-state index in [0.717, 1.165) is 6.42 Å². The smallest absolute Gasteiger partial charge is 0.343 e. The van der Waals surface area contributed by atoms with Gasteiger partial charge in [-0.05, 0) is 17.0 Å². The summed E-state index contributed by atoms with van der Waals surface area (Å²) in [5, 5.41) is 22.0. The second kappa shape index (κ2) is 6.96. The van der Waals surface area contributed by atoms with Gasteiger partial charge in [0, 0.05) is 17.4 Å². The molecular weight excluding hydrogens is 294 g/mol. The van der Waals surface area contributed by atoms with Crippen molar-refractivity contribution in [3.63, 3.8) is 0 Å². The highest BCUT2D eigenvalue weighted by molar-refractivity contribution is 7.09. The average molecular weight is 307 g/mol. The molecule has 0 aliphatic rings. The SMILES string of the molecule is O=C(O)c1c(COCCc2cccs2)cccc1[N+](=O)[O-]. The number of benzene rings is 1. The molecule has 0 aliphatic heterocycles. The molecule has 0 bridgehead atoms. The Labute approximate surface area is 124 Å². The summed E-state index contributed by atoms with van der Waals surface area (Å²) in [6.07, 6.45) is 0.731. The standard InChI is InChI=1S/C14H13NO5S/c16-14(17)13-10(3-1-5-12(13)15(18)19)9-20-7-6-11-4-2-8-21-11/h1-5,8H,6-7,9H2,(H,16,17). The van der Waals surface area contributed by atoms with E-state index in [2.05, 4.69) is 0 Å².